The number of hydrogen-bond donors (Lipinski definition) is 1. The van der Waals surface area contributed by atoms with Gasteiger partial charge in [0, 0.05) is 23.7 Å². The molecule has 0 aliphatic heterocycles. The molecule has 0 aliphatic carbocycles. The topological polar surface area (TPSA) is 54.5 Å². The van der Waals surface area contributed by atoms with Crippen LogP contribution in [0, 0.1) is 6.92 Å². The van der Waals surface area contributed by atoms with E-state index in [-0.39, 0.29) is 0 Å². The maximum Gasteiger partial charge on any atom is 0.115 e. The molecule has 0 unspecified atom stereocenters. The highest BCUT2D eigenvalue weighted by atomic mass is 14.9. The van der Waals surface area contributed by atoms with Gasteiger partial charge in [-0.05, 0) is 6.92 Å². The highest BCUT2D eigenvalue weighted by Gasteiger charge is 2.02. The first-order valence-electron chi connectivity index (χ1n) is 4.63. The van der Waals surface area contributed by atoms with Crippen molar-refractivity contribution in [2.24, 2.45) is 0 Å². The molecule has 0 aromatic carbocycles. The van der Waals surface area contributed by atoms with Crippen LogP contribution < -0.4 is 0 Å². The highest BCUT2D eigenvalue weighted by molar-refractivity contribution is 5.58. The Morgan fingerprint density at radius 2 is 1.79 bits per heavy atom. The molecule has 0 atom stereocenters. The number of imidazole rings is 1. The zero-order chi connectivity index (χ0) is 10.4. The Kier molecular flexibility index (Phi) is 3.79. The van der Waals surface area contributed by atoms with Crippen molar-refractivity contribution < 1.29 is 0 Å². The summed E-state index contributed by atoms with van der Waals surface area (Å²) in [7, 11) is 0. The van der Waals surface area contributed by atoms with Crippen LogP contribution in [0.15, 0.2) is 25.0 Å². The van der Waals surface area contributed by atoms with Gasteiger partial charge in [0.15, 0.2) is 0 Å². The molecule has 2 rings (SSSR count). The molecule has 2 aromatic heterocycles. The number of nitrogens with one attached hydrogen (secondary N) is 1. The summed E-state index contributed by atoms with van der Waals surface area (Å²) in [6.07, 6.45) is 6.66. The molecule has 0 bridgehead atoms. The predicted octanol–water partition coefficient (Wildman–Crippen LogP) is 2.20. The van der Waals surface area contributed by atoms with E-state index >= 15 is 0 Å². The third kappa shape index (κ3) is 2.16. The van der Waals surface area contributed by atoms with Crippen LogP contribution in [0.5, 0.6) is 0 Å². The normalized spacial score (nSPS) is 9.07. The fraction of sp³-hybridized carbons (Fsp3) is 0.300. The first-order valence-corrected chi connectivity index (χ1v) is 4.63. The van der Waals surface area contributed by atoms with E-state index in [0.717, 1.165) is 17.0 Å². The van der Waals surface area contributed by atoms with Gasteiger partial charge in [-0.25, -0.2) is 15.0 Å². The summed E-state index contributed by atoms with van der Waals surface area (Å²) in [4.78, 5) is 15.0. The Labute approximate surface area is 83.5 Å². The summed E-state index contributed by atoms with van der Waals surface area (Å²) in [6, 6.07) is 0. The highest BCUT2D eigenvalue weighted by Crippen LogP contribution is 2.16. The maximum absolute atomic E-state index is 4.15. The third-order valence-corrected chi connectivity index (χ3v) is 1.66. The van der Waals surface area contributed by atoms with E-state index in [1.807, 2.05) is 20.8 Å². The molecular formula is C10H14N4. The lowest BCUT2D eigenvalue weighted by Crippen LogP contribution is -1.84. The van der Waals surface area contributed by atoms with Crippen molar-refractivity contribution in [1.29, 1.82) is 0 Å². The SMILES string of the molecule is CC.Cc1[nH]cnc1-c1cncnc1. The van der Waals surface area contributed by atoms with E-state index in [9.17, 15) is 0 Å². The van der Waals surface area contributed by atoms with Crippen molar-refractivity contribution in [2.45, 2.75) is 20.8 Å². The lowest BCUT2D eigenvalue weighted by Gasteiger charge is -1.94. The molecule has 0 fully saturated rings. The Bertz CT molecular complexity index is 367. The largest absolute Gasteiger partial charge is 0.348 e. The zero-order valence-electron chi connectivity index (χ0n) is 8.65. The summed E-state index contributed by atoms with van der Waals surface area (Å²) in [6.45, 7) is 5.97. The molecule has 2 heterocycles. The summed E-state index contributed by atoms with van der Waals surface area (Å²) >= 11 is 0. The number of aryl methyl sites for hydroxylation is 1. The first kappa shape index (κ1) is 10.4. The van der Waals surface area contributed by atoms with Crippen LogP contribution in [0.3, 0.4) is 0 Å². The van der Waals surface area contributed by atoms with Gasteiger partial charge in [-0.1, -0.05) is 13.8 Å². The van der Waals surface area contributed by atoms with Crippen LogP contribution in [0.2, 0.25) is 0 Å². The fourth-order valence-electron chi connectivity index (χ4n) is 1.07. The number of aromatic amines is 1. The third-order valence-electron chi connectivity index (χ3n) is 1.66. The fourth-order valence-corrected chi connectivity index (χ4v) is 1.07. The van der Waals surface area contributed by atoms with Crippen molar-refractivity contribution in [3.8, 4) is 11.3 Å². The average molecular weight is 190 g/mol. The van der Waals surface area contributed by atoms with Crippen molar-refractivity contribution in [3.05, 3.63) is 30.7 Å². The van der Waals surface area contributed by atoms with Gasteiger partial charge in [-0.2, -0.15) is 0 Å². The molecular weight excluding hydrogens is 176 g/mol. The molecule has 0 spiro atoms. The van der Waals surface area contributed by atoms with Crippen LogP contribution in [-0.4, -0.2) is 19.9 Å². The maximum atomic E-state index is 4.15. The van der Waals surface area contributed by atoms with E-state index in [4.69, 9.17) is 0 Å². The van der Waals surface area contributed by atoms with E-state index in [2.05, 4.69) is 19.9 Å². The first-order chi connectivity index (χ1) is 6.88. The van der Waals surface area contributed by atoms with Gasteiger partial charge in [-0.15, -0.1) is 0 Å². The molecule has 4 nitrogen and oxygen atoms in total. The number of H-pyrrole nitrogens is 1. The minimum Gasteiger partial charge on any atom is -0.348 e. The van der Waals surface area contributed by atoms with Gasteiger partial charge < -0.3 is 4.98 Å². The minimum absolute atomic E-state index is 0.913. The smallest absolute Gasteiger partial charge is 0.115 e. The van der Waals surface area contributed by atoms with Gasteiger partial charge in [0.2, 0.25) is 0 Å². The lowest BCUT2D eigenvalue weighted by molar-refractivity contribution is 1.16. The van der Waals surface area contributed by atoms with Crippen LogP contribution in [0.25, 0.3) is 11.3 Å². The number of hydrogen-bond acceptors (Lipinski definition) is 3. The molecule has 74 valence electrons. The van der Waals surface area contributed by atoms with Gasteiger partial charge in [0.25, 0.3) is 0 Å². The zero-order valence-corrected chi connectivity index (χ0v) is 8.65. The van der Waals surface area contributed by atoms with E-state index < -0.39 is 0 Å². The Hall–Kier alpha value is -1.71. The van der Waals surface area contributed by atoms with E-state index in [1.54, 1.807) is 18.7 Å². The standard InChI is InChI=1S/C8H8N4.C2H6/c1-6-8(12-5-11-6)7-2-9-4-10-3-7;1-2/h2-5H,1H3,(H,11,12);1-2H3. The Balaban J connectivity index is 0.000000461. The molecule has 2 aromatic rings. The Morgan fingerprint density at radius 1 is 1.14 bits per heavy atom. The molecule has 0 amide bonds. The number of aromatic nitrogens is 4. The quantitative estimate of drug-likeness (QED) is 0.750. The minimum atomic E-state index is 0.913. The van der Waals surface area contributed by atoms with E-state index in [0.29, 0.717) is 0 Å². The summed E-state index contributed by atoms with van der Waals surface area (Å²) in [5.41, 5.74) is 2.89. The van der Waals surface area contributed by atoms with Gasteiger partial charge in [0.1, 0.15) is 6.33 Å². The molecule has 0 radical (unpaired) electrons. The van der Waals surface area contributed by atoms with Crippen LogP contribution in [-0.2, 0) is 0 Å². The van der Waals surface area contributed by atoms with Crippen molar-refractivity contribution >= 4 is 0 Å². The molecule has 4 heteroatoms. The molecule has 0 saturated heterocycles. The summed E-state index contributed by atoms with van der Waals surface area (Å²) < 4.78 is 0. The van der Waals surface area contributed by atoms with Gasteiger partial charge in [0.05, 0.1) is 12.0 Å². The van der Waals surface area contributed by atoms with Crippen LogP contribution in [0.1, 0.15) is 19.5 Å². The second-order valence-corrected chi connectivity index (χ2v) is 2.50. The van der Waals surface area contributed by atoms with Gasteiger partial charge >= 0.3 is 0 Å². The van der Waals surface area contributed by atoms with E-state index in [1.165, 1.54) is 6.33 Å². The second kappa shape index (κ2) is 5.11. The van der Waals surface area contributed by atoms with Crippen LogP contribution >= 0.6 is 0 Å². The number of rotatable bonds is 1. The Morgan fingerprint density at radius 3 is 2.29 bits per heavy atom. The van der Waals surface area contributed by atoms with Crippen molar-refractivity contribution in [2.75, 3.05) is 0 Å². The second-order valence-electron chi connectivity index (χ2n) is 2.50. The predicted molar refractivity (Wildman–Crippen MR) is 55.7 cm³/mol. The van der Waals surface area contributed by atoms with Crippen molar-refractivity contribution in [1.82, 2.24) is 19.9 Å². The molecule has 1 N–H and O–H groups in total. The number of nitrogens with zero attached hydrogens (tertiary/aromatic N) is 3. The van der Waals surface area contributed by atoms with Crippen molar-refractivity contribution in [3.63, 3.8) is 0 Å². The lowest BCUT2D eigenvalue weighted by atomic mass is 10.2. The molecule has 0 aliphatic rings. The average Bonchev–Trinajstić information content (AvgIpc) is 2.69. The molecule has 14 heavy (non-hydrogen) atoms. The summed E-state index contributed by atoms with van der Waals surface area (Å²) in [5, 5.41) is 0. The van der Waals surface area contributed by atoms with Gasteiger partial charge in [-0.3, -0.25) is 0 Å². The van der Waals surface area contributed by atoms with Crippen LogP contribution in [0.4, 0.5) is 0 Å². The monoisotopic (exact) mass is 190 g/mol. The summed E-state index contributed by atoms with van der Waals surface area (Å²) in [5.74, 6) is 0. The molecule has 0 saturated carbocycles.